The molecule has 0 bridgehead atoms. The predicted octanol–water partition coefficient (Wildman–Crippen LogP) is 5.80. The lowest BCUT2D eigenvalue weighted by atomic mass is 9.77. The van der Waals surface area contributed by atoms with Gasteiger partial charge in [0.25, 0.3) is 6.43 Å². The summed E-state index contributed by atoms with van der Waals surface area (Å²) in [5.74, 6) is -1.20. The molecule has 1 saturated heterocycles. The maximum Gasteiger partial charge on any atom is 0.416 e. The number of amides is 1. The van der Waals surface area contributed by atoms with Crippen LogP contribution in [0, 0.1) is 0 Å². The Labute approximate surface area is 201 Å². The Morgan fingerprint density at radius 1 is 1.03 bits per heavy atom. The summed E-state index contributed by atoms with van der Waals surface area (Å²) in [5.41, 5.74) is -9.46. The average molecular weight is 550 g/mol. The van der Waals surface area contributed by atoms with E-state index in [9.17, 15) is 53.1 Å². The van der Waals surface area contributed by atoms with Crippen molar-refractivity contribution in [2.75, 3.05) is 18.0 Å². The first-order chi connectivity index (χ1) is 16.8. The van der Waals surface area contributed by atoms with Crippen LogP contribution in [0.5, 0.6) is 0 Å². The quantitative estimate of drug-likeness (QED) is 0.479. The number of rotatable bonds is 5. The molecule has 1 atom stereocenters. The van der Waals surface area contributed by atoms with Crippen LogP contribution < -0.4 is 10.2 Å². The van der Waals surface area contributed by atoms with Crippen LogP contribution in [0.4, 0.5) is 54.2 Å². The highest BCUT2D eigenvalue weighted by Crippen LogP contribution is 2.50. The van der Waals surface area contributed by atoms with Gasteiger partial charge in [-0.15, -0.1) is 0 Å². The molecule has 1 aromatic heterocycles. The minimum Gasteiger partial charge on any atom is -0.352 e. The third kappa shape index (κ3) is 5.87. The van der Waals surface area contributed by atoms with E-state index in [1.54, 1.807) is 0 Å². The van der Waals surface area contributed by atoms with Crippen LogP contribution in [0.25, 0.3) is 0 Å². The van der Waals surface area contributed by atoms with E-state index in [-0.39, 0.29) is 23.8 Å². The summed E-state index contributed by atoms with van der Waals surface area (Å²) in [4.78, 5) is 19.1. The number of hydrogen-bond acceptors (Lipinski definition) is 4. The number of nitrogens with one attached hydrogen (secondary N) is 1. The zero-order valence-corrected chi connectivity index (χ0v) is 18.6. The van der Waals surface area contributed by atoms with Gasteiger partial charge in [-0.3, -0.25) is 4.79 Å². The first kappa shape index (κ1) is 28.4. The summed E-state index contributed by atoms with van der Waals surface area (Å²) in [6, 6.07) is -0.269. The molecule has 1 aliphatic rings. The van der Waals surface area contributed by atoms with Crippen LogP contribution in [0.3, 0.4) is 0 Å². The largest absolute Gasteiger partial charge is 0.416 e. The van der Waals surface area contributed by atoms with Gasteiger partial charge in [-0.25, -0.2) is 18.7 Å². The Balaban J connectivity index is 2.08. The fourth-order valence-corrected chi connectivity index (χ4v) is 3.95. The Kier molecular flexibility index (Phi) is 7.36. The van der Waals surface area contributed by atoms with Gasteiger partial charge in [0.15, 0.2) is 0 Å². The molecular weight excluding hydrogens is 533 g/mol. The normalized spacial score (nSPS) is 19.0. The molecule has 1 aromatic carbocycles. The lowest BCUT2D eigenvalue weighted by Crippen LogP contribution is -2.45. The van der Waals surface area contributed by atoms with E-state index in [1.165, 1.54) is 0 Å². The first-order valence-electron chi connectivity index (χ1n) is 10.4. The molecule has 1 fully saturated rings. The van der Waals surface area contributed by atoms with Crippen LogP contribution >= 0.6 is 0 Å². The predicted molar refractivity (Wildman–Crippen MR) is 106 cm³/mol. The van der Waals surface area contributed by atoms with Crippen molar-refractivity contribution in [3.8, 4) is 0 Å². The standard InChI is InChI=1S/C21H17F11N4O/c1-10(37)33-7-11-8-34-17(35-15(11)16(22)23)36-3-2-18(9-36,21(30,31)32)12-4-13(19(24,25)26)6-14(5-12)20(27,28)29/h4-6,8,16H,2-3,7,9H2,1H3,(H,33,37). The van der Waals surface area contributed by atoms with Gasteiger partial charge in [-0.05, 0) is 30.2 Å². The maximum absolute atomic E-state index is 14.3. The smallest absolute Gasteiger partial charge is 0.352 e. The van der Waals surface area contributed by atoms with Crippen LogP contribution in [0.15, 0.2) is 24.4 Å². The molecule has 0 spiro atoms. The second kappa shape index (κ2) is 9.59. The van der Waals surface area contributed by atoms with Crippen molar-refractivity contribution in [3.05, 3.63) is 52.3 Å². The Morgan fingerprint density at radius 2 is 1.59 bits per heavy atom. The number of anilines is 1. The van der Waals surface area contributed by atoms with Crippen molar-refractivity contribution in [1.29, 1.82) is 0 Å². The molecule has 16 heteroatoms. The number of aromatic nitrogens is 2. The summed E-state index contributed by atoms with van der Waals surface area (Å²) in [6.07, 6.45) is -19.4. The highest BCUT2D eigenvalue weighted by molar-refractivity contribution is 5.72. The van der Waals surface area contributed by atoms with E-state index in [1.807, 2.05) is 0 Å². The van der Waals surface area contributed by atoms with Gasteiger partial charge >= 0.3 is 18.5 Å². The summed E-state index contributed by atoms with van der Waals surface area (Å²) in [7, 11) is 0. The van der Waals surface area contributed by atoms with Gasteiger partial charge < -0.3 is 10.2 Å². The molecule has 3 rings (SSSR count). The summed E-state index contributed by atoms with van der Waals surface area (Å²) in [6.45, 7) is -1.13. The van der Waals surface area contributed by atoms with Crippen molar-refractivity contribution >= 4 is 11.9 Å². The van der Waals surface area contributed by atoms with Gasteiger partial charge in [0.05, 0.1) is 11.1 Å². The number of carbonyl (C=O) groups is 1. The molecule has 1 N–H and O–H groups in total. The molecule has 37 heavy (non-hydrogen) atoms. The van der Waals surface area contributed by atoms with Crippen molar-refractivity contribution < 1.29 is 53.1 Å². The maximum atomic E-state index is 14.3. The molecule has 0 aliphatic carbocycles. The first-order valence-corrected chi connectivity index (χ1v) is 10.4. The molecule has 5 nitrogen and oxygen atoms in total. The summed E-state index contributed by atoms with van der Waals surface area (Å²) < 4.78 is 150. The molecule has 0 saturated carbocycles. The lowest BCUT2D eigenvalue weighted by molar-refractivity contribution is -0.185. The van der Waals surface area contributed by atoms with Crippen LogP contribution in [0.1, 0.15) is 47.7 Å². The van der Waals surface area contributed by atoms with Crippen LogP contribution in [-0.4, -0.2) is 35.1 Å². The Bertz CT molecular complexity index is 1130. The fourth-order valence-electron chi connectivity index (χ4n) is 3.95. The van der Waals surface area contributed by atoms with E-state index in [0.717, 1.165) is 18.0 Å². The molecule has 1 unspecified atom stereocenters. The van der Waals surface area contributed by atoms with E-state index < -0.39 is 90.7 Å². The second-order valence-corrected chi connectivity index (χ2v) is 8.34. The molecular formula is C21H17F11N4O. The molecule has 2 heterocycles. The average Bonchev–Trinajstić information content (AvgIpc) is 3.23. The Morgan fingerprint density at radius 3 is 2.05 bits per heavy atom. The van der Waals surface area contributed by atoms with Gasteiger partial charge in [-0.2, -0.15) is 39.5 Å². The van der Waals surface area contributed by atoms with Gasteiger partial charge in [-0.1, -0.05) is 0 Å². The van der Waals surface area contributed by atoms with Gasteiger partial charge in [0, 0.05) is 38.3 Å². The highest BCUT2D eigenvalue weighted by atomic mass is 19.4. The van der Waals surface area contributed by atoms with Crippen molar-refractivity contribution in [1.82, 2.24) is 15.3 Å². The zero-order valence-electron chi connectivity index (χ0n) is 18.6. The summed E-state index contributed by atoms with van der Waals surface area (Å²) in [5, 5.41) is 2.24. The molecule has 1 aliphatic heterocycles. The molecule has 1 amide bonds. The monoisotopic (exact) mass is 550 g/mol. The van der Waals surface area contributed by atoms with Crippen LogP contribution in [0.2, 0.25) is 0 Å². The van der Waals surface area contributed by atoms with Crippen molar-refractivity contribution in [2.45, 2.75) is 50.3 Å². The van der Waals surface area contributed by atoms with Crippen LogP contribution in [-0.2, 0) is 29.1 Å². The minimum absolute atomic E-state index is 0.00814. The number of carbonyl (C=O) groups excluding carboxylic acids is 1. The minimum atomic E-state index is -5.37. The lowest BCUT2D eigenvalue weighted by Gasteiger charge is -2.33. The summed E-state index contributed by atoms with van der Waals surface area (Å²) >= 11 is 0. The van der Waals surface area contributed by atoms with E-state index in [0.29, 0.717) is 0 Å². The zero-order chi connectivity index (χ0) is 28.0. The molecule has 2 aromatic rings. The molecule has 204 valence electrons. The fraction of sp³-hybridized carbons (Fsp3) is 0.476. The number of alkyl halides is 11. The van der Waals surface area contributed by atoms with E-state index >= 15 is 0 Å². The second-order valence-electron chi connectivity index (χ2n) is 8.34. The SMILES string of the molecule is CC(=O)NCc1cnc(N2CCC(c3cc(C(F)(F)F)cc(C(F)(F)F)c3)(C(F)(F)F)C2)nc1C(F)F. The number of halogens is 11. The third-order valence-corrected chi connectivity index (χ3v) is 5.85. The number of hydrogen-bond donors (Lipinski definition) is 1. The van der Waals surface area contributed by atoms with Gasteiger partial charge in [0.1, 0.15) is 11.1 Å². The van der Waals surface area contributed by atoms with Gasteiger partial charge in [0.2, 0.25) is 11.9 Å². The van der Waals surface area contributed by atoms with E-state index in [2.05, 4.69) is 15.3 Å². The van der Waals surface area contributed by atoms with Crippen molar-refractivity contribution in [3.63, 3.8) is 0 Å². The Hall–Kier alpha value is -3.20. The number of benzene rings is 1. The highest BCUT2D eigenvalue weighted by Gasteiger charge is 2.60. The number of nitrogens with zero attached hydrogens (tertiary/aromatic N) is 3. The van der Waals surface area contributed by atoms with Crippen molar-refractivity contribution in [2.24, 2.45) is 0 Å². The third-order valence-electron chi connectivity index (χ3n) is 5.85. The van der Waals surface area contributed by atoms with E-state index in [4.69, 9.17) is 0 Å². The molecule has 0 radical (unpaired) electrons. The topological polar surface area (TPSA) is 58.1 Å².